The van der Waals surface area contributed by atoms with E-state index in [1.807, 2.05) is 103 Å². The molecule has 0 bridgehead atoms. The van der Waals surface area contributed by atoms with Gasteiger partial charge in [0.05, 0.1) is 39.0 Å². The Kier molecular flexibility index (Phi) is 11.6. The van der Waals surface area contributed by atoms with E-state index in [4.69, 9.17) is 15.0 Å². The first-order chi connectivity index (χ1) is 37.8. The van der Waals surface area contributed by atoms with Gasteiger partial charge in [-0.1, -0.05) is 157 Å². The van der Waals surface area contributed by atoms with Crippen LogP contribution in [-0.4, -0.2) is 24.1 Å². The summed E-state index contributed by atoms with van der Waals surface area (Å²) >= 11 is 0. The molecule has 0 unspecified atom stereocenters. The lowest BCUT2D eigenvalue weighted by Crippen LogP contribution is -2.08. The Balaban J connectivity index is 1.12. The van der Waals surface area contributed by atoms with Crippen molar-refractivity contribution in [2.24, 2.45) is 0 Å². The van der Waals surface area contributed by atoms with Gasteiger partial charge in [-0.2, -0.15) is 13.2 Å². The molecule has 10 aromatic carbocycles. The van der Waals surface area contributed by atoms with E-state index in [0.717, 1.165) is 65.9 Å². The predicted molar refractivity (Wildman–Crippen MR) is 315 cm³/mol. The molecule has 3 heterocycles. The smallest absolute Gasteiger partial charge is 0.309 e. The van der Waals surface area contributed by atoms with Gasteiger partial charge in [0.15, 0.2) is 17.5 Å². The van der Waals surface area contributed by atoms with Crippen LogP contribution in [0.2, 0.25) is 0 Å². The van der Waals surface area contributed by atoms with Gasteiger partial charge in [0.2, 0.25) is 0 Å². The van der Waals surface area contributed by atoms with Crippen LogP contribution in [0.3, 0.4) is 0 Å². The maximum absolute atomic E-state index is 15.4. The second-order valence-electron chi connectivity index (χ2n) is 20.7. The fourth-order valence-corrected chi connectivity index (χ4v) is 12.2. The highest BCUT2D eigenvalue weighted by atomic mass is 19.4. The van der Waals surface area contributed by atoms with Crippen molar-refractivity contribution in [2.45, 2.75) is 47.7 Å². The van der Waals surface area contributed by atoms with Crippen LogP contribution in [-0.2, 0) is 6.18 Å². The van der Waals surface area contributed by atoms with Crippen LogP contribution >= 0.6 is 0 Å². The van der Waals surface area contributed by atoms with Crippen LogP contribution < -0.4 is 0 Å². The summed E-state index contributed by atoms with van der Waals surface area (Å²) in [5, 5.41) is 4.01. The first kappa shape index (κ1) is 48.3. The van der Waals surface area contributed by atoms with Gasteiger partial charge in [-0.05, 0) is 147 Å². The molecule has 78 heavy (non-hydrogen) atoms. The zero-order valence-corrected chi connectivity index (χ0v) is 44.0. The van der Waals surface area contributed by atoms with E-state index in [9.17, 15) is 0 Å². The summed E-state index contributed by atoms with van der Waals surface area (Å²) in [7, 11) is 0. The number of aryl methyl sites for hydroxylation is 6. The number of para-hydroxylation sites is 2. The van der Waals surface area contributed by atoms with Crippen LogP contribution in [0.1, 0.15) is 38.9 Å². The molecule has 13 aromatic rings. The molecule has 13 rings (SSSR count). The standard InChI is InChI=1S/C70H52F3N5/c1-41-33-43(3)65(44(4)34-41)49-26-30-61-56(37-49)53-21-13-15-23-59(53)77(61)63-32-28-52(70(71,72)73)40-58(63)55-29-25-51(69-75-67(47-17-9-7-10-18-47)74-68(76-69)48-19-11-8-12-20-48)39-64(55)78-60-24-16-14-22-54(60)57-38-50(27-31-62(57)78)66-45(5)35-42(2)36-46(66)6/h7-40H,1-6H3. The number of nitrogens with zero attached hydrogens (tertiary/aromatic N) is 5. The molecule has 378 valence electrons. The lowest BCUT2D eigenvalue weighted by molar-refractivity contribution is -0.137. The second-order valence-corrected chi connectivity index (χ2v) is 20.7. The first-order valence-corrected chi connectivity index (χ1v) is 26.2. The number of rotatable bonds is 8. The minimum absolute atomic E-state index is 0.405. The number of fused-ring (bicyclic) bond motifs is 6. The minimum Gasteiger partial charge on any atom is -0.309 e. The summed E-state index contributed by atoms with van der Waals surface area (Å²) in [6, 6.07) is 68.1. The third-order valence-corrected chi connectivity index (χ3v) is 15.3. The van der Waals surface area contributed by atoms with Gasteiger partial charge in [-0.25, -0.2) is 15.0 Å². The molecule has 0 aliphatic heterocycles. The monoisotopic (exact) mass is 1020 g/mol. The molecule has 0 spiro atoms. The van der Waals surface area contributed by atoms with E-state index in [-0.39, 0.29) is 0 Å². The fraction of sp³-hybridized carbons (Fsp3) is 0.100. The quantitative estimate of drug-likeness (QED) is 0.152. The van der Waals surface area contributed by atoms with E-state index >= 15 is 13.2 Å². The van der Waals surface area contributed by atoms with Crippen LogP contribution in [0.15, 0.2) is 206 Å². The van der Waals surface area contributed by atoms with Crippen LogP contribution in [0.4, 0.5) is 13.2 Å². The van der Waals surface area contributed by atoms with Crippen LogP contribution in [0.5, 0.6) is 0 Å². The Morgan fingerprint density at radius 1 is 0.321 bits per heavy atom. The predicted octanol–water partition coefficient (Wildman–Crippen LogP) is 18.9. The van der Waals surface area contributed by atoms with Gasteiger partial charge < -0.3 is 9.13 Å². The van der Waals surface area contributed by atoms with E-state index in [1.165, 1.54) is 56.6 Å². The summed E-state index contributed by atoms with van der Waals surface area (Å²) in [6.07, 6.45) is -4.64. The van der Waals surface area contributed by atoms with Crippen LogP contribution in [0.25, 0.3) is 123 Å². The summed E-state index contributed by atoms with van der Waals surface area (Å²) in [5.41, 5.74) is 19.0. The van der Waals surface area contributed by atoms with Crippen molar-refractivity contribution < 1.29 is 13.2 Å². The molecule has 0 aliphatic rings. The Morgan fingerprint density at radius 3 is 1.21 bits per heavy atom. The molecule has 0 aliphatic carbocycles. The first-order valence-electron chi connectivity index (χ1n) is 26.2. The van der Waals surface area contributed by atoms with Gasteiger partial charge in [-0.15, -0.1) is 0 Å². The lowest BCUT2D eigenvalue weighted by atomic mass is 9.93. The van der Waals surface area contributed by atoms with E-state index in [1.54, 1.807) is 6.07 Å². The largest absolute Gasteiger partial charge is 0.416 e. The molecule has 0 amide bonds. The third kappa shape index (κ3) is 8.23. The van der Waals surface area contributed by atoms with Gasteiger partial charge >= 0.3 is 6.18 Å². The van der Waals surface area contributed by atoms with Crippen molar-refractivity contribution in [3.8, 4) is 78.9 Å². The molecule has 0 radical (unpaired) electrons. The molecule has 8 heteroatoms. The zero-order valence-electron chi connectivity index (χ0n) is 44.0. The maximum Gasteiger partial charge on any atom is 0.416 e. The number of aromatic nitrogens is 5. The summed E-state index contributed by atoms with van der Waals surface area (Å²) in [4.78, 5) is 15.3. The summed E-state index contributed by atoms with van der Waals surface area (Å²) < 4.78 is 50.6. The van der Waals surface area contributed by atoms with Crippen molar-refractivity contribution in [1.82, 2.24) is 24.1 Å². The lowest BCUT2D eigenvalue weighted by Gasteiger charge is -2.21. The van der Waals surface area contributed by atoms with Gasteiger partial charge in [0, 0.05) is 49.4 Å². The van der Waals surface area contributed by atoms with E-state index < -0.39 is 11.7 Å². The highest BCUT2D eigenvalue weighted by Gasteiger charge is 2.33. The summed E-state index contributed by atoms with van der Waals surface area (Å²) in [5.74, 6) is 1.42. The molecular formula is C70H52F3N5. The average Bonchev–Trinajstić information content (AvgIpc) is 3.98. The average molecular weight is 1020 g/mol. The van der Waals surface area contributed by atoms with Crippen molar-refractivity contribution in [3.63, 3.8) is 0 Å². The van der Waals surface area contributed by atoms with Crippen molar-refractivity contribution >= 4 is 43.6 Å². The highest BCUT2D eigenvalue weighted by Crippen LogP contribution is 2.46. The molecule has 0 atom stereocenters. The Morgan fingerprint density at radius 2 is 0.731 bits per heavy atom. The van der Waals surface area contributed by atoms with Crippen molar-refractivity contribution in [2.75, 3.05) is 0 Å². The zero-order chi connectivity index (χ0) is 53.6. The molecule has 0 fully saturated rings. The second kappa shape index (κ2) is 18.7. The molecular weight excluding hydrogens is 968 g/mol. The number of hydrogen-bond donors (Lipinski definition) is 0. The maximum atomic E-state index is 15.4. The van der Waals surface area contributed by atoms with Crippen molar-refractivity contribution in [3.05, 3.63) is 245 Å². The molecule has 0 saturated carbocycles. The molecule has 0 saturated heterocycles. The highest BCUT2D eigenvalue weighted by molar-refractivity contribution is 6.13. The Bertz CT molecular complexity index is 4440. The number of alkyl halides is 3. The number of halogens is 3. The number of benzene rings is 10. The molecule has 5 nitrogen and oxygen atoms in total. The molecule has 3 aromatic heterocycles. The van der Waals surface area contributed by atoms with Gasteiger partial charge in [0.25, 0.3) is 0 Å². The number of hydrogen-bond acceptors (Lipinski definition) is 3. The van der Waals surface area contributed by atoms with Gasteiger partial charge in [-0.3, -0.25) is 0 Å². The third-order valence-electron chi connectivity index (χ3n) is 15.3. The fourth-order valence-electron chi connectivity index (χ4n) is 12.2. The van der Waals surface area contributed by atoms with Gasteiger partial charge in [0.1, 0.15) is 0 Å². The summed E-state index contributed by atoms with van der Waals surface area (Å²) in [6.45, 7) is 12.8. The Hall–Kier alpha value is -9.40. The topological polar surface area (TPSA) is 48.5 Å². The van der Waals surface area contributed by atoms with Crippen LogP contribution in [0, 0.1) is 41.5 Å². The van der Waals surface area contributed by atoms with E-state index in [0.29, 0.717) is 45.5 Å². The SMILES string of the molecule is Cc1cc(C)c(-c2ccc3c(c2)c2ccccc2n3-c2ccc(C(F)(F)F)cc2-c2ccc(-c3nc(-c4ccccc4)nc(-c4ccccc4)n3)cc2-n2c3ccccc3c3cc(-c4c(C)cc(C)cc4C)ccc32)c(C)c1. The molecule has 0 N–H and O–H groups in total. The normalized spacial score (nSPS) is 11.9. The Labute approximate surface area is 450 Å². The minimum atomic E-state index is -4.64. The van der Waals surface area contributed by atoms with Crippen molar-refractivity contribution in [1.29, 1.82) is 0 Å². The van der Waals surface area contributed by atoms with E-state index in [2.05, 4.69) is 136 Å².